The number of nitrogens with zero attached hydrogens (tertiary/aromatic N) is 5. The number of halogens is 4. The molecule has 0 spiro atoms. The molecule has 11 heteroatoms. The Kier molecular flexibility index (Phi) is 4.86. The third-order valence-electron chi connectivity index (χ3n) is 5.76. The van der Waals surface area contributed by atoms with Gasteiger partial charge in [0.25, 0.3) is 0 Å². The molecule has 3 aromatic rings. The number of carboxylic acids is 1. The largest absolute Gasteiger partial charge is 0.481 e. The summed E-state index contributed by atoms with van der Waals surface area (Å²) in [5, 5.41) is 9.49. The Balaban J connectivity index is 1.86. The molecule has 0 bridgehead atoms. The predicted molar refractivity (Wildman–Crippen MR) is 103 cm³/mol. The van der Waals surface area contributed by atoms with Crippen molar-refractivity contribution in [3.05, 3.63) is 47.4 Å². The summed E-state index contributed by atoms with van der Waals surface area (Å²) in [5.41, 5.74) is -1.29. The molecule has 31 heavy (non-hydrogen) atoms. The highest BCUT2D eigenvalue weighted by molar-refractivity contribution is 5.77. The summed E-state index contributed by atoms with van der Waals surface area (Å²) in [5.74, 6) is -2.41. The summed E-state index contributed by atoms with van der Waals surface area (Å²) in [6, 6.07) is 2.04. The highest BCUT2D eigenvalue weighted by Crippen LogP contribution is 2.42. The fourth-order valence-electron chi connectivity index (χ4n) is 4.00. The molecule has 164 valence electrons. The predicted octanol–water partition coefficient (Wildman–Crippen LogP) is 3.64. The minimum Gasteiger partial charge on any atom is -0.481 e. The summed E-state index contributed by atoms with van der Waals surface area (Å²) in [7, 11) is 0. The molecule has 2 aromatic heterocycles. The second-order valence-electron chi connectivity index (χ2n) is 7.96. The van der Waals surface area contributed by atoms with E-state index in [0.717, 1.165) is 6.07 Å². The quantitative estimate of drug-likeness (QED) is 0.628. The van der Waals surface area contributed by atoms with Crippen LogP contribution >= 0.6 is 0 Å². The number of aryl methyl sites for hydroxylation is 1. The molecule has 0 unspecified atom stereocenters. The number of carboxylic acid groups (broad SMARTS) is 1. The minimum absolute atomic E-state index is 0.0181. The molecule has 7 nitrogen and oxygen atoms in total. The van der Waals surface area contributed by atoms with Gasteiger partial charge in [0.05, 0.1) is 29.5 Å². The van der Waals surface area contributed by atoms with Crippen molar-refractivity contribution < 1.29 is 27.5 Å². The van der Waals surface area contributed by atoms with Crippen molar-refractivity contribution in [2.75, 3.05) is 18.0 Å². The lowest BCUT2D eigenvalue weighted by atomic mass is 9.90. The Labute approximate surface area is 174 Å². The van der Waals surface area contributed by atoms with E-state index in [4.69, 9.17) is 0 Å². The van der Waals surface area contributed by atoms with E-state index in [-0.39, 0.29) is 37.3 Å². The van der Waals surface area contributed by atoms with Crippen LogP contribution in [-0.2, 0) is 17.5 Å². The third kappa shape index (κ3) is 3.57. The first-order valence-electron chi connectivity index (χ1n) is 9.50. The molecule has 1 aromatic carbocycles. The Morgan fingerprint density at radius 2 is 2.00 bits per heavy atom. The number of aromatic nitrogens is 4. The Morgan fingerprint density at radius 1 is 1.26 bits per heavy atom. The summed E-state index contributed by atoms with van der Waals surface area (Å²) < 4.78 is 57.4. The van der Waals surface area contributed by atoms with Crippen LogP contribution < -0.4 is 4.90 Å². The first-order valence-corrected chi connectivity index (χ1v) is 9.50. The third-order valence-corrected chi connectivity index (χ3v) is 5.76. The maximum absolute atomic E-state index is 14.4. The van der Waals surface area contributed by atoms with Crippen LogP contribution in [0.4, 0.5) is 23.2 Å². The molecule has 0 aliphatic carbocycles. The van der Waals surface area contributed by atoms with Gasteiger partial charge < -0.3 is 14.6 Å². The van der Waals surface area contributed by atoms with E-state index in [0.29, 0.717) is 16.9 Å². The molecule has 0 amide bonds. The van der Waals surface area contributed by atoms with E-state index in [1.54, 1.807) is 18.7 Å². The number of hydrogen-bond donors (Lipinski definition) is 1. The molecule has 1 aliphatic heterocycles. The molecule has 1 fully saturated rings. The fourth-order valence-corrected chi connectivity index (χ4v) is 4.00. The first-order chi connectivity index (χ1) is 14.5. The van der Waals surface area contributed by atoms with Crippen molar-refractivity contribution >= 4 is 22.8 Å². The highest BCUT2D eigenvalue weighted by Gasteiger charge is 2.43. The van der Waals surface area contributed by atoms with Gasteiger partial charge in [0.1, 0.15) is 17.7 Å². The molecule has 1 atom stereocenters. The minimum atomic E-state index is -4.94. The van der Waals surface area contributed by atoms with Gasteiger partial charge in [-0.1, -0.05) is 0 Å². The normalized spacial score (nSPS) is 19.4. The lowest BCUT2D eigenvalue weighted by molar-refractivity contribution is -0.146. The van der Waals surface area contributed by atoms with Crippen LogP contribution in [0.1, 0.15) is 30.2 Å². The van der Waals surface area contributed by atoms with Crippen molar-refractivity contribution in [2.24, 2.45) is 5.41 Å². The topological polar surface area (TPSA) is 84.1 Å². The van der Waals surface area contributed by atoms with Crippen LogP contribution in [0, 0.1) is 18.2 Å². The van der Waals surface area contributed by atoms with E-state index in [2.05, 4.69) is 15.0 Å². The number of imidazole rings is 1. The van der Waals surface area contributed by atoms with Gasteiger partial charge >= 0.3 is 12.1 Å². The van der Waals surface area contributed by atoms with Crippen LogP contribution in [0.3, 0.4) is 0 Å². The molecular weight excluding hydrogens is 418 g/mol. The molecular formula is C20H19F4N5O2. The molecule has 4 rings (SSSR count). The Bertz CT molecular complexity index is 1180. The average molecular weight is 437 g/mol. The van der Waals surface area contributed by atoms with Crippen molar-refractivity contribution in [3.63, 3.8) is 0 Å². The number of benzene rings is 1. The zero-order valence-electron chi connectivity index (χ0n) is 16.7. The summed E-state index contributed by atoms with van der Waals surface area (Å²) in [6.45, 7) is 3.17. The highest BCUT2D eigenvalue weighted by atomic mass is 19.4. The average Bonchev–Trinajstić information content (AvgIpc) is 3.27. The van der Waals surface area contributed by atoms with Gasteiger partial charge in [0, 0.05) is 24.3 Å². The van der Waals surface area contributed by atoms with E-state index in [1.165, 1.54) is 23.3 Å². The maximum atomic E-state index is 14.4. The van der Waals surface area contributed by atoms with Crippen LogP contribution in [0.15, 0.2) is 24.8 Å². The lowest BCUT2D eigenvalue weighted by Crippen LogP contribution is -2.32. The number of alkyl halides is 3. The number of fused-ring (bicyclic) bond motifs is 1. The Morgan fingerprint density at radius 3 is 2.65 bits per heavy atom. The molecule has 1 aliphatic rings. The molecule has 0 saturated carbocycles. The summed E-state index contributed by atoms with van der Waals surface area (Å²) in [4.78, 5) is 25.5. The SMILES string of the molecule is Cc1ncnc2c1ncn2Cc1c(N2CC[C@](C)(C(=O)O)C2)ccc(F)c1C(F)(F)F. The van der Waals surface area contributed by atoms with E-state index in [9.17, 15) is 27.5 Å². The molecule has 0 radical (unpaired) electrons. The number of anilines is 1. The smallest absolute Gasteiger partial charge is 0.419 e. The van der Waals surface area contributed by atoms with Gasteiger partial charge in [-0.15, -0.1) is 0 Å². The van der Waals surface area contributed by atoms with Crippen LogP contribution in [0.5, 0.6) is 0 Å². The standard InChI is InChI=1S/C20H19F4N5O2/c1-11-16-17(26-9-25-11)29(10-27-16)7-12-14(4-3-13(21)15(12)20(22,23)24)28-6-5-19(2,8-28)18(30)31/h3-4,9-10H,5-8H2,1-2H3,(H,30,31)/t19-/m0/s1. The van der Waals surface area contributed by atoms with Crippen molar-refractivity contribution in [1.82, 2.24) is 19.5 Å². The van der Waals surface area contributed by atoms with Crippen LogP contribution in [0.25, 0.3) is 11.2 Å². The van der Waals surface area contributed by atoms with Crippen LogP contribution in [0.2, 0.25) is 0 Å². The zero-order chi connectivity index (χ0) is 22.6. The van der Waals surface area contributed by atoms with E-state index >= 15 is 0 Å². The fraction of sp³-hybridized carbons (Fsp3) is 0.400. The summed E-state index contributed by atoms with van der Waals surface area (Å²) in [6.07, 6.45) is -2.05. The van der Waals surface area contributed by atoms with Crippen molar-refractivity contribution in [1.29, 1.82) is 0 Å². The van der Waals surface area contributed by atoms with Gasteiger partial charge in [0.2, 0.25) is 0 Å². The van der Waals surface area contributed by atoms with Gasteiger partial charge in [0.15, 0.2) is 5.65 Å². The Hall–Kier alpha value is -3.24. The monoisotopic (exact) mass is 437 g/mol. The van der Waals surface area contributed by atoms with Crippen LogP contribution in [-0.4, -0.2) is 43.7 Å². The first kappa shape index (κ1) is 21.0. The van der Waals surface area contributed by atoms with Gasteiger partial charge in [-0.05, 0) is 32.4 Å². The molecule has 1 saturated heterocycles. The molecule has 3 heterocycles. The zero-order valence-corrected chi connectivity index (χ0v) is 16.7. The van der Waals surface area contributed by atoms with Gasteiger partial charge in [-0.2, -0.15) is 13.2 Å². The van der Waals surface area contributed by atoms with Crippen molar-refractivity contribution in [3.8, 4) is 0 Å². The van der Waals surface area contributed by atoms with Gasteiger partial charge in [-0.3, -0.25) is 4.79 Å². The van der Waals surface area contributed by atoms with E-state index in [1.807, 2.05) is 0 Å². The second kappa shape index (κ2) is 7.17. The number of aliphatic carboxylic acids is 1. The summed E-state index contributed by atoms with van der Waals surface area (Å²) >= 11 is 0. The molecule has 1 N–H and O–H groups in total. The van der Waals surface area contributed by atoms with Gasteiger partial charge in [-0.25, -0.2) is 19.3 Å². The second-order valence-corrected chi connectivity index (χ2v) is 7.96. The number of rotatable bonds is 4. The van der Waals surface area contributed by atoms with Crippen molar-refractivity contribution in [2.45, 2.75) is 33.0 Å². The maximum Gasteiger partial charge on any atom is 0.419 e. The lowest BCUT2D eigenvalue weighted by Gasteiger charge is -2.26. The number of carbonyl (C=O) groups is 1. The number of hydrogen-bond acceptors (Lipinski definition) is 5. The van der Waals surface area contributed by atoms with E-state index < -0.39 is 28.9 Å².